The number of halogens is 1. The topological polar surface area (TPSA) is 58.6 Å². The zero-order valence-corrected chi connectivity index (χ0v) is 12.8. The van der Waals surface area contributed by atoms with E-state index in [9.17, 15) is 4.79 Å². The van der Waals surface area contributed by atoms with E-state index in [1.54, 1.807) is 12.4 Å². The summed E-state index contributed by atoms with van der Waals surface area (Å²) in [6, 6.07) is 1.90. The lowest BCUT2D eigenvalue weighted by atomic mass is 10.1. The minimum absolute atomic E-state index is 0.149. The summed E-state index contributed by atoms with van der Waals surface area (Å²) in [4.78, 5) is 23.4. The van der Waals surface area contributed by atoms with Crippen LogP contribution in [0.4, 0.5) is 0 Å². The van der Waals surface area contributed by atoms with Gasteiger partial charge in [-0.3, -0.25) is 9.78 Å². The summed E-state index contributed by atoms with van der Waals surface area (Å²) in [6.07, 6.45) is 4.21. The van der Waals surface area contributed by atoms with Crippen molar-refractivity contribution in [2.75, 3.05) is 0 Å². The zero-order chi connectivity index (χ0) is 14.0. The number of aromatic amines is 1. The van der Waals surface area contributed by atoms with Gasteiger partial charge in [0.05, 0.1) is 5.69 Å². The molecule has 0 aromatic carbocycles. The lowest BCUT2D eigenvalue weighted by Crippen LogP contribution is -2.15. The molecular formula is C14H16BrN3O. The Morgan fingerprint density at radius 2 is 2.16 bits per heavy atom. The lowest BCUT2D eigenvalue weighted by molar-refractivity contribution is 0.631. The smallest absolute Gasteiger partial charge is 0.265 e. The second-order valence-electron chi connectivity index (χ2n) is 4.96. The molecule has 2 aromatic heterocycles. The van der Waals surface area contributed by atoms with E-state index in [2.05, 4.69) is 44.7 Å². The summed E-state index contributed by atoms with van der Waals surface area (Å²) < 4.78 is 0.520. The molecule has 0 aliphatic rings. The van der Waals surface area contributed by atoms with Gasteiger partial charge in [0.15, 0.2) is 0 Å². The van der Waals surface area contributed by atoms with Crippen LogP contribution in [0.2, 0.25) is 0 Å². The molecule has 0 spiro atoms. The second-order valence-corrected chi connectivity index (χ2v) is 5.76. The molecule has 19 heavy (non-hydrogen) atoms. The molecule has 0 amide bonds. The average molecular weight is 322 g/mol. The van der Waals surface area contributed by atoms with Gasteiger partial charge < -0.3 is 4.98 Å². The first-order chi connectivity index (χ1) is 8.99. The summed E-state index contributed by atoms with van der Waals surface area (Å²) in [5, 5.41) is 0. The molecule has 1 N–H and O–H groups in total. The van der Waals surface area contributed by atoms with Gasteiger partial charge in [-0.15, -0.1) is 0 Å². The molecule has 0 saturated carbocycles. The number of hydrogen-bond donors (Lipinski definition) is 1. The number of nitrogens with one attached hydrogen (secondary N) is 1. The Labute approximate surface area is 120 Å². The van der Waals surface area contributed by atoms with Gasteiger partial charge in [0.25, 0.3) is 5.56 Å². The third-order valence-electron chi connectivity index (χ3n) is 2.83. The number of hydrogen-bond acceptors (Lipinski definition) is 3. The molecule has 100 valence electrons. The molecule has 5 heteroatoms. The van der Waals surface area contributed by atoms with Crippen molar-refractivity contribution in [1.82, 2.24) is 15.0 Å². The summed E-state index contributed by atoms with van der Waals surface area (Å²) >= 11 is 3.31. The molecule has 2 rings (SSSR count). The monoisotopic (exact) mass is 321 g/mol. The van der Waals surface area contributed by atoms with Crippen molar-refractivity contribution in [3.8, 4) is 11.4 Å². The number of pyridine rings is 1. The van der Waals surface area contributed by atoms with Crippen LogP contribution in [-0.4, -0.2) is 15.0 Å². The minimum atomic E-state index is -0.149. The highest BCUT2D eigenvalue weighted by Crippen LogP contribution is 2.20. The van der Waals surface area contributed by atoms with E-state index >= 15 is 0 Å². The average Bonchev–Trinajstić information content (AvgIpc) is 2.35. The molecule has 2 heterocycles. The Morgan fingerprint density at radius 1 is 1.42 bits per heavy atom. The number of aryl methyl sites for hydroxylation is 1. The normalized spacial score (nSPS) is 11.0. The summed E-state index contributed by atoms with van der Waals surface area (Å²) in [5.41, 5.74) is 2.54. The molecule has 0 saturated heterocycles. The van der Waals surface area contributed by atoms with Crippen molar-refractivity contribution in [2.24, 2.45) is 5.92 Å². The molecule has 0 fully saturated rings. The van der Waals surface area contributed by atoms with E-state index in [1.165, 1.54) is 0 Å². The second kappa shape index (κ2) is 5.65. The highest BCUT2D eigenvalue weighted by molar-refractivity contribution is 9.10. The van der Waals surface area contributed by atoms with Crippen molar-refractivity contribution < 1.29 is 0 Å². The predicted octanol–water partition coefficient (Wildman–Crippen LogP) is 3.10. The van der Waals surface area contributed by atoms with Crippen LogP contribution in [0.15, 0.2) is 27.7 Å². The SMILES string of the molecule is Cc1ccncc1-c1nc(CC(C)C)c(Br)c(=O)[nH]1. The van der Waals surface area contributed by atoms with Crippen LogP contribution in [0.25, 0.3) is 11.4 Å². The summed E-state index contributed by atoms with van der Waals surface area (Å²) in [7, 11) is 0. The molecular weight excluding hydrogens is 306 g/mol. The van der Waals surface area contributed by atoms with E-state index in [0.717, 1.165) is 23.2 Å². The number of nitrogens with zero attached hydrogens (tertiary/aromatic N) is 2. The fourth-order valence-electron chi connectivity index (χ4n) is 1.87. The number of rotatable bonds is 3. The fourth-order valence-corrected chi connectivity index (χ4v) is 2.22. The highest BCUT2D eigenvalue weighted by atomic mass is 79.9. The first-order valence-corrected chi connectivity index (χ1v) is 6.98. The molecule has 0 aliphatic carbocycles. The molecule has 2 aromatic rings. The van der Waals surface area contributed by atoms with Crippen molar-refractivity contribution in [2.45, 2.75) is 27.2 Å². The van der Waals surface area contributed by atoms with Gasteiger partial charge in [-0.1, -0.05) is 13.8 Å². The third-order valence-corrected chi connectivity index (χ3v) is 3.65. The van der Waals surface area contributed by atoms with Crippen LogP contribution >= 0.6 is 15.9 Å². The quantitative estimate of drug-likeness (QED) is 0.945. The summed E-state index contributed by atoms with van der Waals surface area (Å²) in [6.45, 7) is 6.18. The van der Waals surface area contributed by atoms with E-state index in [0.29, 0.717) is 16.2 Å². The van der Waals surface area contributed by atoms with Gasteiger partial charge in [0.1, 0.15) is 10.3 Å². The van der Waals surface area contributed by atoms with Crippen molar-refractivity contribution in [1.29, 1.82) is 0 Å². The number of H-pyrrole nitrogens is 1. The van der Waals surface area contributed by atoms with Gasteiger partial charge in [-0.25, -0.2) is 4.98 Å². The van der Waals surface area contributed by atoms with E-state index in [4.69, 9.17) is 0 Å². The zero-order valence-electron chi connectivity index (χ0n) is 11.2. The van der Waals surface area contributed by atoms with Gasteiger partial charge >= 0.3 is 0 Å². The highest BCUT2D eigenvalue weighted by Gasteiger charge is 2.12. The van der Waals surface area contributed by atoms with Crippen LogP contribution in [0, 0.1) is 12.8 Å². The molecule has 0 aliphatic heterocycles. The van der Waals surface area contributed by atoms with Crippen molar-refractivity contribution in [3.05, 3.63) is 44.5 Å². The Balaban J connectivity index is 2.57. The molecule has 0 unspecified atom stereocenters. The largest absolute Gasteiger partial charge is 0.305 e. The molecule has 4 nitrogen and oxygen atoms in total. The Kier molecular flexibility index (Phi) is 4.14. The van der Waals surface area contributed by atoms with Crippen LogP contribution in [0.1, 0.15) is 25.1 Å². The van der Waals surface area contributed by atoms with Crippen molar-refractivity contribution >= 4 is 15.9 Å². The number of aromatic nitrogens is 3. The van der Waals surface area contributed by atoms with Crippen LogP contribution < -0.4 is 5.56 Å². The maximum atomic E-state index is 12.0. The van der Waals surface area contributed by atoms with Gasteiger partial charge in [-0.05, 0) is 46.8 Å². The van der Waals surface area contributed by atoms with Gasteiger partial charge in [-0.2, -0.15) is 0 Å². The van der Waals surface area contributed by atoms with E-state index in [1.807, 2.05) is 13.0 Å². The molecule has 0 bridgehead atoms. The van der Waals surface area contributed by atoms with Crippen LogP contribution in [-0.2, 0) is 6.42 Å². The maximum Gasteiger partial charge on any atom is 0.265 e. The molecule has 0 atom stereocenters. The van der Waals surface area contributed by atoms with Crippen LogP contribution in [0.3, 0.4) is 0 Å². The van der Waals surface area contributed by atoms with Gasteiger partial charge in [0, 0.05) is 18.0 Å². The van der Waals surface area contributed by atoms with E-state index < -0.39 is 0 Å². The first kappa shape index (κ1) is 13.9. The summed E-state index contributed by atoms with van der Waals surface area (Å²) in [5.74, 6) is 1.02. The van der Waals surface area contributed by atoms with Gasteiger partial charge in [0.2, 0.25) is 0 Å². The maximum absolute atomic E-state index is 12.0. The Bertz CT molecular complexity index is 649. The predicted molar refractivity (Wildman–Crippen MR) is 79.1 cm³/mol. The third kappa shape index (κ3) is 3.10. The van der Waals surface area contributed by atoms with E-state index in [-0.39, 0.29) is 5.56 Å². The minimum Gasteiger partial charge on any atom is -0.305 e. The van der Waals surface area contributed by atoms with Crippen molar-refractivity contribution in [3.63, 3.8) is 0 Å². The van der Waals surface area contributed by atoms with Crippen LogP contribution in [0.5, 0.6) is 0 Å². The Morgan fingerprint density at radius 3 is 2.79 bits per heavy atom. The fraction of sp³-hybridized carbons (Fsp3) is 0.357. The standard InChI is InChI=1S/C14H16BrN3O/c1-8(2)6-11-12(15)14(19)18-13(17-11)10-7-16-5-4-9(10)3/h4-5,7-8H,6H2,1-3H3,(H,17,18,19). The molecule has 0 radical (unpaired) electrons. The lowest BCUT2D eigenvalue weighted by Gasteiger charge is -2.09. The first-order valence-electron chi connectivity index (χ1n) is 6.18. The Hall–Kier alpha value is -1.49.